The predicted molar refractivity (Wildman–Crippen MR) is 84.5 cm³/mol. The number of amides is 1. The molecule has 1 fully saturated rings. The van der Waals surface area contributed by atoms with Gasteiger partial charge in [-0.25, -0.2) is 13.1 Å². The third-order valence-electron chi connectivity index (χ3n) is 3.82. The highest BCUT2D eigenvalue weighted by atomic mass is 32.2. The van der Waals surface area contributed by atoms with Crippen LogP contribution in [0.5, 0.6) is 0 Å². The van der Waals surface area contributed by atoms with Crippen LogP contribution in [0.25, 0.3) is 0 Å². The number of benzene rings is 1. The zero-order valence-corrected chi connectivity index (χ0v) is 13.8. The molecule has 23 heavy (non-hydrogen) atoms. The third kappa shape index (κ3) is 3.89. The van der Waals surface area contributed by atoms with E-state index in [9.17, 15) is 18.0 Å². The van der Waals surface area contributed by atoms with Crippen LogP contribution in [-0.2, 0) is 14.8 Å². The Morgan fingerprint density at radius 2 is 1.78 bits per heavy atom. The lowest BCUT2D eigenvalue weighted by atomic mass is 10.1. The van der Waals surface area contributed by atoms with Gasteiger partial charge in [0.1, 0.15) is 11.3 Å². The standard InChI is InChI=1S/C15H20N2O5S/c1-10(2)13(15(19)20)16-23(21,22)12-8-17(9-12)14(18)11-6-4-3-5-7-11/h3-7,10,12-13,16H,8-9H2,1-2H3,(H,19,20). The van der Waals surface area contributed by atoms with Gasteiger partial charge in [-0.15, -0.1) is 0 Å². The van der Waals surface area contributed by atoms with Crippen molar-refractivity contribution in [2.45, 2.75) is 25.1 Å². The summed E-state index contributed by atoms with van der Waals surface area (Å²) in [7, 11) is -3.79. The van der Waals surface area contributed by atoms with Crippen molar-refractivity contribution in [3.8, 4) is 0 Å². The summed E-state index contributed by atoms with van der Waals surface area (Å²) >= 11 is 0. The first-order chi connectivity index (χ1) is 10.7. The van der Waals surface area contributed by atoms with Crippen LogP contribution in [-0.4, -0.2) is 54.7 Å². The fourth-order valence-corrected chi connectivity index (χ4v) is 3.98. The molecule has 0 saturated carbocycles. The normalized spacial score (nSPS) is 16.9. The minimum Gasteiger partial charge on any atom is -0.480 e. The first-order valence-electron chi connectivity index (χ1n) is 7.30. The highest BCUT2D eigenvalue weighted by Crippen LogP contribution is 2.19. The minimum absolute atomic E-state index is 0.0630. The molecule has 0 aromatic heterocycles. The number of carbonyl (C=O) groups is 2. The number of nitrogens with zero attached hydrogens (tertiary/aromatic N) is 1. The number of hydrogen-bond acceptors (Lipinski definition) is 4. The fraction of sp³-hybridized carbons (Fsp3) is 0.467. The number of carbonyl (C=O) groups excluding carboxylic acids is 1. The smallest absolute Gasteiger partial charge is 0.321 e. The topological polar surface area (TPSA) is 104 Å². The van der Waals surface area contributed by atoms with Crippen molar-refractivity contribution in [3.05, 3.63) is 35.9 Å². The maximum Gasteiger partial charge on any atom is 0.321 e. The lowest BCUT2D eigenvalue weighted by molar-refractivity contribution is -0.140. The number of rotatable bonds is 6. The number of hydrogen-bond donors (Lipinski definition) is 2. The van der Waals surface area contributed by atoms with Crippen molar-refractivity contribution >= 4 is 21.9 Å². The van der Waals surface area contributed by atoms with Crippen molar-refractivity contribution < 1.29 is 23.1 Å². The van der Waals surface area contributed by atoms with Gasteiger partial charge in [0.2, 0.25) is 10.0 Å². The summed E-state index contributed by atoms with van der Waals surface area (Å²) in [5, 5.41) is 8.30. The molecule has 1 aromatic carbocycles. The first kappa shape index (κ1) is 17.4. The number of nitrogens with one attached hydrogen (secondary N) is 1. The quantitative estimate of drug-likeness (QED) is 0.786. The van der Waals surface area contributed by atoms with E-state index in [1.165, 1.54) is 4.90 Å². The largest absolute Gasteiger partial charge is 0.480 e. The van der Waals surface area contributed by atoms with E-state index in [2.05, 4.69) is 4.72 Å². The summed E-state index contributed by atoms with van der Waals surface area (Å²) in [5.74, 6) is -1.81. The third-order valence-corrected chi connectivity index (χ3v) is 5.58. The maximum atomic E-state index is 12.2. The van der Waals surface area contributed by atoms with Gasteiger partial charge in [-0.1, -0.05) is 32.0 Å². The molecule has 1 atom stereocenters. The van der Waals surface area contributed by atoms with E-state index in [1.807, 2.05) is 0 Å². The van der Waals surface area contributed by atoms with E-state index in [1.54, 1.807) is 44.2 Å². The average molecular weight is 340 g/mol. The average Bonchev–Trinajstić information content (AvgIpc) is 2.43. The molecule has 0 spiro atoms. The van der Waals surface area contributed by atoms with Gasteiger partial charge < -0.3 is 10.0 Å². The Hall–Kier alpha value is -1.93. The summed E-state index contributed by atoms with van der Waals surface area (Å²) in [6.45, 7) is 3.39. The molecular formula is C15H20N2O5S. The molecule has 1 unspecified atom stereocenters. The molecule has 1 saturated heterocycles. The molecule has 1 aromatic rings. The van der Waals surface area contributed by atoms with Gasteiger partial charge in [0.25, 0.3) is 5.91 Å². The van der Waals surface area contributed by atoms with E-state index < -0.39 is 27.3 Å². The Balaban J connectivity index is 1.98. The fourth-order valence-electron chi connectivity index (χ4n) is 2.31. The van der Waals surface area contributed by atoms with Crippen molar-refractivity contribution in [2.75, 3.05) is 13.1 Å². The van der Waals surface area contributed by atoms with E-state index in [-0.39, 0.29) is 24.9 Å². The lowest BCUT2D eigenvalue weighted by Gasteiger charge is -2.39. The van der Waals surface area contributed by atoms with Crippen molar-refractivity contribution in [3.63, 3.8) is 0 Å². The second-order valence-corrected chi connectivity index (χ2v) is 7.91. The van der Waals surface area contributed by atoms with Crippen LogP contribution in [0, 0.1) is 5.92 Å². The first-order valence-corrected chi connectivity index (χ1v) is 8.85. The van der Waals surface area contributed by atoms with Crippen LogP contribution in [0.15, 0.2) is 30.3 Å². The molecule has 1 aliphatic heterocycles. The second-order valence-electron chi connectivity index (χ2n) is 5.92. The molecule has 1 amide bonds. The van der Waals surface area contributed by atoms with Crippen molar-refractivity contribution in [2.24, 2.45) is 5.92 Å². The Bertz CT molecular complexity index is 681. The summed E-state index contributed by atoms with van der Waals surface area (Å²) in [6, 6.07) is 7.44. The Kier molecular flexibility index (Phi) is 5.06. The Morgan fingerprint density at radius 1 is 1.22 bits per heavy atom. The summed E-state index contributed by atoms with van der Waals surface area (Å²) in [4.78, 5) is 24.7. The number of likely N-dealkylation sites (tertiary alicyclic amines) is 1. The number of sulfonamides is 1. The molecule has 0 radical (unpaired) electrons. The van der Waals surface area contributed by atoms with Crippen LogP contribution >= 0.6 is 0 Å². The van der Waals surface area contributed by atoms with Gasteiger partial charge in [0.15, 0.2) is 0 Å². The summed E-state index contributed by atoms with van der Waals surface area (Å²) in [5.41, 5.74) is 0.502. The Labute approximate surface area is 135 Å². The van der Waals surface area contributed by atoms with Crippen LogP contribution in [0.3, 0.4) is 0 Å². The maximum absolute atomic E-state index is 12.2. The number of carboxylic acids is 1. The number of aliphatic carboxylic acids is 1. The zero-order chi connectivity index (χ0) is 17.2. The molecular weight excluding hydrogens is 320 g/mol. The van der Waals surface area contributed by atoms with Gasteiger partial charge >= 0.3 is 5.97 Å². The molecule has 8 heteroatoms. The van der Waals surface area contributed by atoms with E-state index >= 15 is 0 Å². The second kappa shape index (κ2) is 6.67. The van der Waals surface area contributed by atoms with Crippen LogP contribution in [0.4, 0.5) is 0 Å². The van der Waals surface area contributed by atoms with Gasteiger partial charge in [0.05, 0.1) is 0 Å². The zero-order valence-electron chi connectivity index (χ0n) is 13.0. The molecule has 1 heterocycles. The van der Waals surface area contributed by atoms with Gasteiger partial charge in [0, 0.05) is 18.7 Å². The Morgan fingerprint density at radius 3 is 2.26 bits per heavy atom. The van der Waals surface area contributed by atoms with E-state index in [4.69, 9.17) is 5.11 Å². The molecule has 0 bridgehead atoms. The molecule has 126 valence electrons. The monoisotopic (exact) mass is 340 g/mol. The van der Waals surface area contributed by atoms with Gasteiger partial charge in [-0.05, 0) is 18.1 Å². The van der Waals surface area contributed by atoms with Crippen LogP contribution < -0.4 is 4.72 Å². The van der Waals surface area contributed by atoms with Crippen molar-refractivity contribution in [1.82, 2.24) is 9.62 Å². The van der Waals surface area contributed by atoms with Crippen LogP contribution in [0.2, 0.25) is 0 Å². The molecule has 2 N–H and O–H groups in total. The summed E-state index contributed by atoms with van der Waals surface area (Å²) < 4.78 is 26.7. The summed E-state index contributed by atoms with van der Waals surface area (Å²) in [6.07, 6.45) is 0. The predicted octanol–water partition coefficient (Wildman–Crippen LogP) is 0.540. The van der Waals surface area contributed by atoms with Crippen molar-refractivity contribution in [1.29, 1.82) is 0 Å². The number of carboxylic acid groups (broad SMARTS) is 1. The molecule has 7 nitrogen and oxygen atoms in total. The van der Waals surface area contributed by atoms with Gasteiger partial charge in [-0.2, -0.15) is 0 Å². The molecule has 0 aliphatic carbocycles. The molecule has 2 rings (SSSR count). The van der Waals surface area contributed by atoms with E-state index in [0.29, 0.717) is 5.56 Å². The minimum atomic E-state index is -3.79. The van der Waals surface area contributed by atoms with Crippen LogP contribution in [0.1, 0.15) is 24.2 Å². The van der Waals surface area contributed by atoms with E-state index in [0.717, 1.165) is 0 Å². The SMILES string of the molecule is CC(C)C(NS(=O)(=O)C1CN(C(=O)c2ccccc2)C1)C(=O)O. The highest BCUT2D eigenvalue weighted by Gasteiger charge is 2.42. The van der Waals surface area contributed by atoms with Gasteiger partial charge in [-0.3, -0.25) is 9.59 Å². The lowest BCUT2D eigenvalue weighted by Crippen LogP contribution is -2.61. The molecule has 1 aliphatic rings. The highest BCUT2D eigenvalue weighted by molar-refractivity contribution is 7.90.